The molecular formula is C29H32N2O4S. The van der Waals surface area contributed by atoms with Gasteiger partial charge < -0.3 is 19.2 Å². The van der Waals surface area contributed by atoms with Crippen molar-refractivity contribution in [3.05, 3.63) is 68.3 Å². The van der Waals surface area contributed by atoms with E-state index in [0.717, 1.165) is 47.2 Å². The minimum absolute atomic E-state index is 0.0628. The lowest BCUT2D eigenvalue weighted by Crippen LogP contribution is -2.11. The quantitative estimate of drug-likeness (QED) is 0.273. The molecule has 0 radical (unpaired) electrons. The number of nitrogens with zero attached hydrogens (tertiary/aromatic N) is 1. The van der Waals surface area contributed by atoms with Gasteiger partial charge in [0.15, 0.2) is 11.5 Å². The molecule has 36 heavy (non-hydrogen) atoms. The van der Waals surface area contributed by atoms with Gasteiger partial charge in [-0.2, -0.15) is 0 Å². The van der Waals surface area contributed by atoms with Crippen molar-refractivity contribution in [2.45, 2.75) is 52.9 Å². The highest BCUT2D eigenvalue weighted by atomic mass is 32.1. The average Bonchev–Trinajstić information content (AvgIpc) is 3.26. The van der Waals surface area contributed by atoms with Crippen LogP contribution in [-0.2, 0) is 19.3 Å². The molecule has 0 bridgehead atoms. The van der Waals surface area contributed by atoms with Crippen molar-refractivity contribution in [3.63, 3.8) is 0 Å². The summed E-state index contributed by atoms with van der Waals surface area (Å²) in [5.41, 5.74) is 4.37. The fraction of sp³-hybridized carbons (Fsp3) is 0.379. The van der Waals surface area contributed by atoms with Crippen molar-refractivity contribution in [2.75, 3.05) is 19.8 Å². The van der Waals surface area contributed by atoms with Gasteiger partial charge in [-0.25, -0.2) is 4.98 Å². The van der Waals surface area contributed by atoms with Gasteiger partial charge in [-0.05, 0) is 93.0 Å². The third kappa shape index (κ3) is 5.12. The Hall–Kier alpha value is -3.32. The van der Waals surface area contributed by atoms with Crippen LogP contribution in [0.15, 0.2) is 41.2 Å². The summed E-state index contributed by atoms with van der Waals surface area (Å²) in [5.74, 6) is 2.66. The van der Waals surface area contributed by atoms with Crippen LogP contribution in [0, 0.1) is 6.92 Å². The van der Waals surface area contributed by atoms with Crippen LogP contribution in [0.25, 0.3) is 21.6 Å². The standard InChI is InChI=1S/C29H32N2O4S/c1-4-19-14-18(3)15-21(16-19)34-12-13-35-23-11-10-20(17-24(23)33-5-2)27-30-28(32)26-22-8-6-7-9-25(22)36-29(26)31-27/h10-11,14-17H,4-9,12-13H2,1-3H3,(H,30,31,32). The van der Waals surface area contributed by atoms with Gasteiger partial charge in [0.25, 0.3) is 5.56 Å². The number of ether oxygens (including phenoxy) is 3. The van der Waals surface area contributed by atoms with E-state index in [1.807, 2.05) is 31.2 Å². The Morgan fingerprint density at radius 3 is 2.64 bits per heavy atom. The largest absolute Gasteiger partial charge is 0.490 e. The molecule has 0 aliphatic heterocycles. The van der Waals surface area contributed by atoms with E-state index in [-0.39, 0.29) is 5.56 Å². The third-order valence-corrected chi connectivity index (χ3v) is 7.66. The second-order valence-corrected chi connectivity index (χ2v) is 10.2. The zero-order chi connectivity index (χ0) is 25.1. The Morgan fingerprint density at radius 1 is 0.972 bits per heavy atom. The highest BCUT2D eigenvalue weighted by Gasteiger charge is 2.20. The molecular weight excluding hydrogens is 472 g/mol. The van der Waals surface area contributed by atoms with Crippen LogP contribution in [-0.4, -0.2) is 29.8 Å². The molecule has 2 heterocycles. The maximum Gasteiger partial charge on any atom is 0.260 e. The molecule has 0 spiro atoms. The maximum absolute atomic E-state index is 13.0. The molecule has 5 rings (SSSR count). The van der Waals surface area contributed by atoms with E-state index in [9.17, 15) is 4.79 Å². The summed E-state index contributed by atoms with van der Waals surface area (Å²) in [6.07, 6.45) is 5.29. The van der Waals surface area contributed by atoms with Gasteiger partial charge in [-0.3, -0.25) is 4.79 Å². The van der Waals surface area contributed by atoms with E-state index >= 15 is 0 Å². The average molecular weight is 505 g/mol. The summed E-state index contributed by atoms with van der Waals surface area (Å²) in [5, 5.41) is 0.767. The Kier molecular flexibility index (Phi) is 7.28. The highest BCUT2D eigenvalue weighted by Crippen LogP contribution is 2.36. The van der Waals surface area contributed by atoms with Gasteiger partial charge in [0.1, 0.15) is 29.6 Å². The summed E-state index contributed by atoms with van der Waals surface area (Å²) in [6, 6.07) is 11.9. The molecule has 2 aromatic heterocycles. The van der Waals surface area contributed by atoms with Crippen LogP contribution < -0.4 is 19.8 Å². The molecule has 1 aliphatic rings. The Balaban J connectivity index is 1.33. The second kappa shape index (κ2) is 10.7. The van der Waals surface area contributed by atoms with Crippen LogP contribution in [0.5, 0.6) is 17.2 Å². The minimum atomic E-state index is -0.0628. The Bertz CT molecular complexity index is 1440. The number of rotatable bonds is 9. The number of fused-ring (bicyclic) bond motifs is 3. The number of hydrogen-bond acceptors (Lipinski definition) is 6. The SMILES string of the molecule is CCOc1cc(-c2nc3sc4c(c3c(=O)[nH]2)CCCC4)ccc1OCCOc1cc(C)cc(CC)c1. The fourth-order valence-corrected chi connectivity index (χ4v) is 6.03. The fourth-order valence-electron chi connectivity index (χ4n) is 4.77. The first-order chi connectivity index (χ1) is 17.6. The number of aromatic amines is 1. The van der Waals surface area contributed by atoms with Gasteiger partial charge in [-0.15, -0.1) is 11.3 Å². The smallest absolute Gasteiger partial charge is 0.260 e. The second-order valence-electron chi connectivity index (χ2n) is 9.10. The molecule has 0 atom stereocenters. The number of aryl methyl sites for hydroxylation is 4. The highest BCUT2D eigenvalue weighted by molar-refractivity contribution is 7.18. The van der Waals surface area contributed by atoms with Crippen LogP contribution in [0.3, 0.4) is 0 Å². The normalized spacial score (nSPS) is 13.0. The Labute approximate surface area is 215 Å². The van der Waals surface area contributed by atoms with E-state index in [4.69, 9.17) is 19.2 Å². The zero-order valence-corrected chi connectivity index (χ0v) is 21.9. The van der Waals surface area contributed by atoms with Crippen molar-refractivity contribution in [1.29, 1.82) is 0 Å². The summed E-state index contributed by atoms with van der Waals surface area (Å²) >= 11 is 1.65. The zero-order valence-electron chi connectivity index (χ0n) is 21.1. The van der Waals surface area contributed by atoms with Gasteiger partial charge in [0.05, 0.1) is 12.0 Å². The van der Waals surface area contributed by atoms with Gasteiger partial charge in [-0.1, -0.05) is 13.0 Å². The lowest BCUT2D eigenvalue weighted by Gasteiger charge is -2.14. The van der Waals surface area contributed by atoms with Crippen molar-refractivity contribution in [1.82, 2.24) is 9.97 Å². The number of aromatic nitrogens is 2. The lowest BCUT2D eigenvalue weighted by atomic mass is 9.97. The van der Waals surface area contributed by atoms with E-state index in [1.54, 1.807) is 11.3 Å². The van der Waals surface area contributed by atoms with Crippen LogP contribution in [0.1, 0.15) is 48.3 Å². The lowest BCUT2D eigenvalue weighted by molar-refractivity contribution is 0.208. The van der Waals surface area contributed by atoms with Crippen LogP contribution in [0.2, 0.25) is 0 Å². The van der Waals surface area contributed by atoms with Crippen molar-refractivity contribution in [2.24, 2.45) is 0 Å². The summed E-state index contributed by atoms with van der Waals surface area (Å²) in [4.78, 5) is 22.9. The molecule has 0 saturated heterocycles. The van der Waals surface area contributed by atoms with Crippen LogP contribution in [0.4, 0.5) is 0 Å². The molecule has 0 unspecified atom stereocenters. The predicted molar refractivity (Wildman–Crippen MR) is 145 cm³/mol. The molecule has 1 aliphatic carbocycles. The van der Waals surface area contributed by atoms with E-state index in [1.165, 1.54) is 28.0 Å². The molecule has 0 fully saturated rings. The molecule has 6 nitrogen and oxygen atoms in total. The van der Waals surface area contributed by atoms with Crippen molar-refractivity contribution in [3.8, 4) is 28.6 Å². The number of benzene rings is 2. The maximum atomic E-state index is 13.0. The van der Waals surface area contributed by atoms with E-state index in [2.05, 4.69) is 31.0 Å². The monoisotopic (exact) mass is 504 g/mol. The van der Waals surface area contributed by atoms with Crippen molar-refractivity contribution < 1.29 is 14.2 Å². The number of hydrogen-bond donors (Lipinski definition) is 1. The predicted octanol–water partition coefficient (Wildman–Crippen LogP) is 6.26. The summed E-state index contributed by atoms with van der Waals surface area (Å²) in [6.45, 7) is 7.46. The van der Waals surface area contributed by atoms with E-state index < -0.39 is 0 Å². The molecule has 7 heteroatoms. The molecule has 2 aromatic carbocycles. The Morgan fingerprint density at radius 2 is 1.81 bits per heavy atom. The molecule has 1 N–H and O–H groups in total. The van der Waals surface area contributed by atoms with E-state index in [0.29, 0.717) is 37.1 Å². The molecule has 4 aromatic rings. The number of thiophene rings is 1. The summed E-state index contributed by atoms with van der Waals surface area (Å²) < 4.78 is 17.8. The van der Waals surface area contributed by atoms with Crippen LogP contribution >= 0.6 is 11.3 Å². The topological polar surface area (TPSA) is 73.4 Å². The van der Waals surface area contributed by atoms with Crippen molar-refractivity contribution >= 4 is 21.6 Å². The van der Waals surface area contributed by atoms with Gasteiger partial charge >= 0.3 is 0 Å². The first-order valence-electron chi connectivity index (χ1n) is 12.7. The number of H-pyrrole nitrogens is 1. The van der Waals surface area contributed by atoms with Gasteiger partial charge in [0.2, 0.25) is 0 Å². The third-order valence-electron chi connectivity index (χ3n) is 6.47. The molecule has 0 amide bonds. The number of nitrogens with one attached hydrogen (secondary N) is 1. The molecule has 188 valence electrons. The minimum Gasteiger partial charge on any atom is -0.490 e. The summed E-state index contributed by atoms with van der Waals surface area (Å²) in [7, 11) is 0. The van der Waals surface area contributed by atoms with Gasteiger partial charge in [0, 0.05) is 10.4 Å². The first-order valence-corrected chi connectivity index (χ1v) is 13.5. The first kappa shape index (κ1) is 24.4. The molecule has 0 saturated carbocycles.